The lowest BCUT2D eigenvalue weighted by Crippen LogP contribution is -2.08. The van der Waals surface area contributed by atoms with Crippen molar-refractivity contribution in [1.82, 2.24) is 0 Å². The fourth-order valence-corrected chi connectivity index (χ4v) is 1.46. The first-order valence-electron chi connectivity index (χ1n) is 4.67. The molecular formula is C12H12N2. The van der Waals surface area contributed by atoms with Gasteiger partial charge in [-0.2, -0.15) is 10.5 Å². The standard InChI is InChI=1S/C12H12N2/c1-2-10(8-13)12(9-14)11-6-4-3-5-7-11/h3-7,10,12H,2H2,1H3. The zero-order valence-corrected chi connectivity index (χ0v) is 8.14. The minimum Gasteiger partial charge on any atom is -0.198 e. The summed E-state index contributed by atoms with van der Waals surface area (Å²) < 4.78 is 0. The van der Waals surface area contributed by atoms with Gasteiger partial charge < -0.3 is 0 Å². The van der Waals surface area contributed by atoms with Crippen LogP contribution in [-0.4, -0.2) is 0 Å². The first-order chi connectivity index (χ1) is 6.83. The molecule has 0 heterocycles. The maximum Gasteiger partial charge on any atom is 0.0870 e. The average Bonchev–Trinajstić information content (AvgIpc) is 2.27. The molecule has 0 aliphatic rings. The Morgan fingerprint density at radius 3 is 2.21 bits per heavy atom. The molecule has 2 heteroatoms. The number of hydrogen-bond donors (Lipinski definition) is 0. The molecule has 0 spiro atoms. The van der Waals surface area contributed by atoms with Crippen molar-refractivity contribution in [3.63, 3.8) is 0 Å². The van der Waals surface area contributed by atoms with E-state index in [4.69, 9.17) is 10.5 Å². The molecule has 0 bridgehead atoms. The summed E-state index contributed by atoms with van der Waals surface area (Å²) in [5, 5.41) is 17.9. The van der Waals surface area contributed by atoms with Gasteiger partial charge in [-0.3, -0.25) is 0 Å². The van der Waals surface area contributed by atoms with Crippen LogP contribution in [0.15, 0.2) is 30.3 Å². The van der Waals surface area contributed by atoms with E-state index in [9.17, 15) is 0 Å². The average molecular weight is 184 g/mol. The Balaban J connectivity index is 2.95. The highest BCUT2D eigenvalue weighted by molar-refractivity contribution is 5.27. The van der Waals surface area contributed by atoms with Crippen LogP contribution in [0.3, 0.4) is 0 Å². The largest absolute Gasteiger partial charge is 0.198 e. The summed E-state index contributed by atoms with van der Waals surface area (Å²) in [4.78, 5) is 0. The van der Waals surface area contributed by atoms with Gasteiger partial charge >= 0.3 is 0 Å². The van der Waals surface area contributed by atoms with Crippen LogP contribution in [0.25, 0.3) is 0 Å². The van der Waals surface area contributed by atoms with Crippen LogP contribution in [-0.2, 0) is 0 Å². The number of benzene rings is 1. The van der Waals surface area contributed by atoms with E-state index in [-0.39, 0.29) is 11.8 Å². The van der Waals surface area contributed by atoms with Crippen molar-refractivity contribution in [3.8, 4) is 12.1 Å². The van der Waals surface area contributed by atoms with Gasteiger partial charge in [-0.25, -0.2) is 0 Å². The molecule has 14 heavy (non-hydrogen) atoms. The molecule has 1 aromatic carbocycles. The van der Waals surface area contributed by atoms with Crippen molar-refractivity contribution in [1.29, 1.82) is 10.5 Å². The molecule has 0 N–H and O–H groups in total. The van der Waals surface area contributed by atoms with E-state index in [0.717, 1.165) is 5.56 Å². The maximum absolute atomic E-state index is 9.01. The Labute approximate surface area is 84.4 Å². The molecule has 70 valence electrons. The van der Waals surface area contributed by atoms with Gasteiger partial charge in [-0.15, -0.1) is 0 Å². The third-order valence-corrected chi connectivity index (χ3v) is 2.31. The van der Waals surface area contributed by atoms with Crippen LogP contribution in [0, 0.1) is 28.6 Å². The van der Waals surface area contributed by atoms with Gasteiger partial charge in [0.2, 0.25) is 0 Å². The minimum atomic E-state index is -0.300. The summed E-state index contributed by atoms with van der Waals surface area (Å²) in [6, 6.07) is 13.9. The molecule has 0 saturated carbocycles. The lowest BCUT2D eigenvalue weighted by Gasteiger charge is -2.13. The fraction of sp³-hybridized carbons (Fsp3) is 0.333. The zero-order chi connectivity index (χ0) is 10.4. The van der Waals surface area contributed by atoms with Crippen molar-refractivity contribution < 1.29 is 0 Å². The van der Waals surface area contributed by atoms with E-state index in [2.05, 4.69) is 12.1 Å². The molecule has 2 atom stereocenters. The quantitative estimate of drug-likeness (QED) is 0.725. The monoisotopic (exact) mass is 184 g/mol. The van der Waals surface area contributed by atoms with Crippen molar-refractivity contribution in [2.45, 2.75) is 19.3 Å². The van der Waals surface area contributed by atoms with Crippen molar-refractivity contribution in [3.05, 3.63) is 35.9 Å². The predicted octanol–water partition coefficient (Wildman–Crippen LogP) is 2.84. The summed E-state index contributed by atoms with van der Waals surface area (Å²) in [6.07, 6.45) is 0.712. The molecule has 1 aromatic rings. The zero-order valence-electron chi connectivity index (χ0n) is 8.14. The lowest BCUT2D eigenvalue weighted by atomic mass is 9.86. The Morgan fingerprint density at radius 1 is 1.14 bits per heavy atom. The van der Waals surface area contributed by atoms with Crippen molar-refractivity contribution in [2.75, 3.05) is 0 Å². The van der Waals surface area contributed by atoms with E-state index >= 15 is 0 Å². The second kappa shape index (κ2) is 5.04. The molecule has 2 unspecified atom stereocenters. The molecule has 2 nitrogen and oxygen atoms in total. The van der Waals surface area contributed by atoms with E-state index in [1.54, 1.807) is 0 Å². The van der Waals surface area contributed by atoms with Crippen LogP contribution < -0.4 is 0 Å². The molecule has 0 aromatic heterocycles. The number of nitrogens with zero attached hydrogens (tertiary/aromatic N) is 2. The van der Waals surface area contributed by atoms with Crippen LogP contribution >= 0.6 is 0 Å². The first-order valence-corrected chi connectivity index (χ1v) is 4.67. The SMILES string of the molecule is CCC(C#N)C(C#N)c1ccccc1. The summed E-state index contributed by atoms with van der Waals surface area (Å²) in [7, 11) is 0. The van der Waals surface area contributed by atoms with Crippen LogP contribution in [0.2, 0.25) is 0 Å². The van der Waals surface area contributed by atoms with E-state index < -0.39 is 0 Å². The topological polar surface area (TPSA) is 47.6 Å². The van der Waals surface area contributed by atoms with Gasteiger partial charge in [0, 0.05) is 0 Å². The summed E-state index contributed by atoms with van der Waals surface area (Å²) in [6.45, 7) is 1.93. The van der Waals surface area contributed by atoms with Gasteiger partial charge in [-0.1, -0.05) is 37.3 Å². The summed E-state index contributed by atoms with van der Waals surface area (Å²) in [5.74, 6) is -0.506. The van der Waals surface area contributed by atoms with Gasteiger partial charge in [0.25, 0.3) is 0 Å². The highest BCUT2D eigenvalue weighted by atomic mass is 14.3. The Morgan fingerprint density at radius 2 is 1.79 bits per heavy atom. The summed E-state index contributed by atoms with van der Waals surface area (Å²) in [5.41, 5.74) is 0.934. The molecule has 0 radical (unpaired) electrons. The molecule has 0 amide bonds. The van der Waals surface area contributed by atoms with Crippen LogP contribution in [0.5, 0.6) is 0 Å². The highest BCUT2D eigenvalue weighted by Crippen LogP contribution is 2.25. The molecular weight excluding hydrogens is 172 g/mol. The fourth-order valence-electron chi connectivity index (χ4n) is 1.46. The summed E-state index contributed by atoms with van der Waals surface area (Å²) >= 11 is 0. The second-order valence-corrected chi connectivity index (χ2v) is 3.16. The van der Waals surface area contributed by atoms with Crippen molar-refractivity contribution >= 4 is 0 Å². The lowest BCUT2D eigenvalue weighted by molar-refractivity contribution is 0.585. The minimum absolute atomic E-state index is 0.206. The Hall–Kier alpha value is -1.80. The number of rotatable bonds is 3. The van der Waals surface area contributed by atoms with E-state index in [0.29, 0.717) is 6.42 Å². The Kier molecular flexibility index (Phi) is 3.70. The predicted molar refractivity (Wildman–Crippen MR) is 54.2 cm³/mol. The van der Waals surface area contributed by atoms with Crippen LogP contribution in [0.1, 0.15) is 24.8 Å². The van der Waals surface area contributed by atoms with E-state index in [1.165, 1.54) is 0 Å². The van der Waals surface area contributed by atoms with E-state index in [1.807, 2.05) is 37.3 Å². The first kappa shape index (κ1) is 10.3. The van der Waals surface area contributed by atoms with Crippen LogP contribution in [0.4, 0.5) is 0 Å². The number of nitriles is 2. The maximum atomic E-state index is 9.01. The van der Waals surface area contributed by atoms with Gasteiger partial charge in [0.1, 0.15) is 0 Å². The number of hydrogen-bond acceptors (Lipinski definition) is 2. The van der Waals surface area contributed by atoms with Gasteiger partial charge in [0.05, 0.1) is 24.0 Å². The smallest absolute Gasteiger partial charge is 0.0870 e. The normalized spacial score (nSPS) is 13.6. The molecule has 0 aliphatic carbocycles. The molecule has 0 fully saturated rings. The second-order valence-electron chi connectivity index (χ2n) is 3.16. The molecule has 1 rings (SSSR count). The highest BCUT2D eigenvalue weighted by Gasteiger charge is 2.20. The van der Waals surface area contributed by atoms with Gasteiger partial charge in [-0.05, 0) is 12.0 Å². The third kappa shape index (κ3) is 2.12. The van der Waals surface area contributed by atoms with Crippen molar-refractivity contribution in [2.24, 2.45) is 5.92 Å². The Bertz CT molecular complexity index is 356. The molecule has 0 saturated heterocycles. The molecule has 0 aliphatic heterocycles. The van der Waals surface area contributed by atoms with Gasteiger partial charge in [0.15, 0.2) is 0 Å². The third-order valence-electron chi connectivity index (χ3n) is 2.31.